The van der Waals surface area contributed by atoms with E-state index in [1.807, 2.05) is 48.5 Å². The number of para-hydroxylation sites is 2. The topological polar surface area (TPSA) is 21.3 Å². The van der Waals surface area contributed by atoms with Crippen molar-refractivity contribution in [1.82, 2.24) is 5.32 Å². The number of ether oxygens (including phenoxy) is 1. The molecule has 0 saturated carbocycles. The van der Waals surface area contributed by atoms with E-state index in [2.05, 4.69) is 24.0 Å². The van der Waals surface area contributed by atoms with Crippen molar-refractivity contribution in [3.05, 3.63) is 72.8 Å². The summed E-state index contributed by atoms with van der Waals surface area (Å²) in [4.78, 5) is 0. The van der Waals surface area contributed by atoms with E-state index in [9.17, 15) is 0 Å². The van der Waals surface area contributed by atoms with Gasteiger partial charge in [-0.1, -0.05) is 42.5 Å². The Labute approximate surface area is 121 Å². The quantitative estimate of drug-likeness (QED) is 0.572. The van der Waals surface area contributed by atoms with Crippen molar-refractivity contribution >= 4 is 0 Å². The van der Waals surface area contributed by atoms with Crippen LogP contribution in [0.2, 0.25) is 0 Å². The average Bonchev–Trinajstić information content (AvgIpc) is 2.50. The van der Waals surface area contributed by atoms with Crippen molar-refractivity contribution in [2.24, 2.45) is 0 Å². The molecule has 2 heteroatoms. The lowest BCUT2D eigenvalue weighted by Gasteiger charge is -2.11. The fraction of sp³-hybridized carbons (Fsp3) is 0.222. The smallest absolute Gasteiger partial charge is 0.130 e. The largest absolute Gasteiger partial charge is 0.457 e. The first-order valence-electron chi connectivity index (χ1n) is 7.02. The number of hydrogen-bond donors (Lipinski definition) is 1. The van der Waals surface area contributed by atoms with Crippen LogP contribution in [0, 0.1) is 0 Å². The number of nitrogens with one attached hydrogen (secondary N) is 1. The molecule has 2 aromatic carbocycles. The molecule has 0 unspecified atom stereocenters. The van der Waals surface area contributed by atoms with Crippen molar-refractivity contribution in [2.75, 3.05) is 13.1 Å². The van der Waals surface area contributed by atoms with Crippen LogP contribution in [-0.2, 0) is 6.42 Å². The van der Waals surface area contributed by atoms with Crippen LogP contribution in [0.5, 0.6) is 11.5 Å². The molecule has 0 fully saturated rings. The van der Waals surface area contributed by atoms with Gasteiger partial charge in [-0.3, -0.25) is 0 Å². The van der Waals surface area contributed by atoms with E-state index in [1.165, 1.54) is 5.56 Å². The van der Waals surface area contributed by atoms with Crippen LogP contribution in [0.25, 0.3) is 0 Å². The average molecular weight is 267 g/mol. The van der Waals surface area contributed by atoms with Crippen LogP contribution in [0.4, 0.5) is 0 Å². The molecule has 0 aliphatic heterocycles. The van der Waals surface area contributed by atoms with Gasteiger partial charge in [-0.25, -0.2) is 0 Å². The fourth-order valence-corrected chi connectivity index (χ4v) is 2.03. The van der Waals surface area contributed by atoms with E-state index >= 15 is 0 Å². The Hall–Kier alpha value is -2.06. The molecule has 0 aromatic heterocycles. The van der Waals surface area contributed by atoms with E-state index in [0.29, 0.717) is 0 Å². The summed E-state index contributed by atoms with van der Waals surface area (Å²) in [6, 6.07) is 18.1. The second kappa shape index (κ2) is 8.18. The van der Waals surface area contributed by atoms with E-state index < -0.39 is 0 Å². The summed E-state index contributed by atoms with van der Waals surface area (Å²) >= 11 is 0. The highest BCUT2D eigenvalue weighted by atomic mass is 16.5. The zero-order chi connectivity index (χ0) is 14.0. The minimum absolute atomic E-state index is 0.863. The normalized spacial score (nSPS) is 10.2. The highest BCUT2D eigenvalue weighted by Crippen LogP contribution is 2.25. The monoisotopic (exact) mass is 267 g/mol. The Balaban J connectivity index is 1.94. The van der Waals surface area contributed by atoms with Gasteiger partial charge in [-0.2, -0.15) is 0 Å². The predicted octanol–water partition coefficient (Wildman–Crippen LogP) is 4.19. The van der Waals surface area contributed by atoms with Gasteiger partial charge in [-0.15, -0.1) is 6.58 Å². The van der Waals surface area contributed by atoms with Gasteiger partial charge in [0, 0.05) is 6.54 Å². The summed E-state index contributed by atoms with van der Waals surface area (Å²) in [5, 5.41) is 3.32. The molecule has 20 heavy (non-hydrogen) atoms. The summed E-state index contributed by atoms with van der Waals surface area (Å²) < 4.78 is 5.95. The maximum Gasteiger partial charge on any atom is 0.130 e. The molecule has 2 nitrogen and oxygen atoms in total. The van der Waals surface area contributed by atoms with Gasteiger partial charge >= 0.3 is 0 Å². The highest BCUT2D eigenvalue weighted by molar-refractivity contribution is 5.37. The molecule has 0 bridgehead atoms. The van der Waals surface area contributed by atoms with E-state index in [0.717, 1.165) is 37.4 Å². The van der Waals surface area contributed by atoms with Gasteiger partial charge < -0.3 is 10.1 Å². The van der Waals surface area contributed by atoms with Crippen molar-refractivity contribution in [3.63, 3.8) is 0 Å². The van der Waals surface area contributed by atoms with Gasteiger partial charge in [0.25, 0.3) is 0 Å². The molecule has 2 rings (SSSR count). The number of benzene rings is 2. The molecule has 0 amide bonds. The van der Waals surface area contributed by atoms with Crippen LogP contribution in [-0.4, -0.2) is 13.1 Å². The number of aryl methyl sites for hydroxylation is 1. The maximum absolute atomic E-state index is 5.95. The predicted molar refractivity (Wildman–Crippen MR) is 84.3 cm³/mol. The molecule has 0 radical (unpaired) electrons. The number of hydrogen-bond acceptors (Lipinski definition) is 2. The summed E-state index contributed by atoms with van der Waals surface area (Å²) in [6.45, 7) is 5.55. The SMILES string of the molecule is C=CCNCCCc1ccccc1Oc1ccccc1. The molecular weight excluding hydrogens is 246 g/mol. The van der Waals surface area contributed by atoms with Gasteiger partial charge in [0.15, 0.2) is 0 Å². The molecule has 0 aliphatic rings. The molecule has 2 aromatic rings. The lowest BCUT2D eigenvalue weighted by Crippen LogP contribution is -2.15. The van der Waals surface area contributed by atoms with Crippen LogP contribution in [0.1, 0.15) is 12.0 Å². The second-order valence-electron chi connectivity index (χ2n) is 4.62. The lowest BCUT2D eigenvalue weighted by molar-refractivity contribution is 0.475. The van der Waals surface area contributed by atoms with Gasteiger partial charge in [0.05, 0.1) is 0 Å². The standard InChI is InChI=1S/C18H21NO/c1-2-14-19-15-8-10-16-9-6-7-13-18(16)20-17-11-4-3-5-12-17/h2-7,9,11-13,19H,1,8,10,14-15H2. The zero-order valence-electron chi connectivity index (χ0n) is 11.7. The van der Waals surface area contributed by atoms with Crippen molar-refractivity contribution < 1.29 is 4.74 Å². The highest BCUT2D eigenvalue weighted by Gasteiger charge is 2.03. The molecular formula is C18H21NO. The first kappa shape index (κ1) is 14.4. The Morgan fingerprint density at radius 2 is 1.75 bits per heavy atom. The third kappa shape index (κ3) is 4.56. The third-order valence-corrected chi connectivity index (χ3v) is 3.03. The van der Waals surface area contributed by atoms with Crippen LogP contribution >= 0.6 is 0 Å². The van der Waals surface area contributed by atoms with Crippen molar-refractivity contribution in [2.45, 2.75) is 12.8 Å². The van der Waals surface area contributed by atoms with E-state index in [1.54, 1.807) is 0 Å². The summed E-state index contributed by atoms with van der Waals surface area (Å²) in [7, 11) is 0. The van der Waals surface area contributed by atoms with Gasteiger partial charge in [-0.05, 0) is 43.1 Å². The molecule has 0 saturated heterocycles. The zero-order valence-corrected chi connectivity index (χ0v) is 11.7. The second-order valence-corrected chi connectivity index (χ2v) is 4.62. The molecule has 0 spiro atoms. The molecule has 0 aliphatic carbocycles. The third-order valence-electron chi connectivity index (χ3n) is 3.03. The van der Waals surface area contributed by atoms with Crippen LogP contribution in [0.3, 0.4) is 0 Å². The first-order valence-corrected chi connectivity index (χ1v) is 7.02. The van der Waals surface area contributed by atoms with Crippen molar-refractivity contribution in [3.8, 4) is 11.5 Å². The Morgan fingerprint density at radius 1 is 1.00 bits per heavy atom. The Kier molecular flexibility index (Phi) is 5.87. The van der Waals surface area contributed by atoms with Crippen LogP contribution in [0.15, 0.2) is 67.3 Å². The number of rotatable bonds is 8. The summed E-state index contributed by atoms with van der Waals surface area (Å²) in [5.74, 6) is 1.83. The first-order chi connectivity index (χ1) is 9.90. The van der Waals surface area contributed by atoms with Gasteiger partial charge in [0.1, 0.15) is 11.5 Å². The lowest BCUT2D eigenvalue weighted by atomic mass is 10.1. The van der Waals surface area contributed by atoms with E-state index in [4.69, 9.17) is 4.74 Å². The molecule has 0 atom stereocenters. The van der Waals surface area contributed by atoms with Gasteiger partial charge in [0.2, 0.25) is 0 Å². The molecule has 104 valence electrons. The Bertz CT molecular complexity index is 522. The maximum atomic E-state index is 5.95. The molecule has 0 heterocycles. The van der Waals surface area contributed by atoms with E-state index in [-0.39, 0.29) is 0 Å². The minimum atomic E-state index is 0.863. The summed E-state index contributed by atoms with van der Waals surface area (Å²) in [6.07, 6.45) is 3.97. The fourth-order valence-electron chi connectivity index (χ4n) is 2.03. The van der Waals surface area contributed by atoms with Crippen LogP contribution < -0.4 is 10.1 Å². The molecule has 1 N–H and O–H groups in total. The minimum Gasteiger partial charge on any atom is -0.457 e. The Morgan fingerprint density at radius 3 is 2.55 bits per heavy atom. The van der Waals surface area contributed by atoms with Crippen molar-refractivity contribution in [1.29, 1.82) is 0 Å². The summed E-state index contributed by atoms with van der Waals surface area (Å²) in [5.41, 5.74) is 1.25.